The Bertz CT molecular complexity index is 1220. The Morgan fingerprint density at radius 2 is 1.85 bits per heavy atom. The van der Waals surface area contributed by atoms with Crippen molar-refractivity contribution in [3.05, 3.63) is 98.4 Å². The van der Waals surface area contributed by atoms with Crippen molar-refractivity contribution in [1.29, 1.82) is 5.26 Å². The van der Waals surface area contributed by atoms with Gasteiger partial charge in [0, 0.05) is 5.56 Å². The van der Waals surface area contributed by atoms with Crippen LogP contribution in [-0.4, -0.2) is 12.5 Å². The van der Waals surface area contributed by atoms with Gasteiger partial charge in [0.1, 0.15) is 24.1 Å². The van der Waals surface area contributed by atoms with E-state index in [0.29, 0.717) is 32.8 Å². The van der Waals surface area contributed by atoms with Crippen LogP contribution < -0.4 is 14.8 Å². The predicted molar refractivity (Wildman–Crippen MR) is 138 cm³/mol. The van der Waals surface area contributed by atoms with Gasteiger partial charge in [-0.15, -0.1) is 0 Å². The van der Waals surface area contributed by atoms with Crippen molar-refractivity contribution in [2.45, 2.75) is 26.5 Å². The average Bonchev–Trinajstić information content (AvgIpc) is 2.83. The molecule has 0 heterocycles. The Hall–Kier alpha value is -3.38. The van der Waals surface area contributed by atoms with E-state index < -0.39 is 5.91 Å². The molecule has 3 rings (SSSR count). The number of carbonyl (C=O) groups excluding carboxylic acids is 1. The van der Waals surface area contributed by atoms with Crippen LogP contribution >= 0.6 is 22.6 Å². The van der Waals surface area contributed by atoms with Crippen LogP contribution in [0.2, 0.25) is 0 Å². The van der Waals surface area contributed by atoms with Gasteiger partial charge in [0.15, 0.2) is 11.5 Å². The molecule has 174 valence electrons. The second-order valence-electron chi connectivity index (χ2n) is 7.42. The number of hydrogen-bond donors (Lipinski definition) is 1. The topological polar surface area (TPSA) is 71.3 Å². The molecule has 0 saturated carbocycles. The molecular weight excluding hydrogens is 546 g/mol. The first-order chi connectivity index (χ1) is 16.4. The Morgan fingerprint density at radius 3 is 2.53 bits per heavy atom. The lowest BCUT2D eigenvalue weighted by atomic mass is 10.1. The minimum Gasteiger partial charge on any atom is -0.490 e. The van der Waals surface area contributed by atoms with Gasteiger partial charge in [0.2, 0.25) is 0 Å². The van der Waals surface area contributed by atoms with Crippen molar-refractivity contribution in [2.24, 2.45) is 0 Å². The van der Waals surface area contributed by atoms with Crippen molar-refractivity contribution in [3.8, 4) is 17.6 Å². The van der Waals surface area contributed by atoms with Gasteiger partial charge in [0.25, 0.3) is 5.91 Å². The minimum absolute atomic E-state index is 0.0268. The Kier molecular flexibility index (Phi) is 9.05. The second kappa shape index (κ2) is 12.2. The third-order valence-corrected chi connectivity index (χ3v) is 5.79. The summed E-state index contributed by atoms with van der Waals surface area (Å²) in [7, 11) is 0. The van der Waals surface area contributed by atoms with E-state index in [2.05, 4.69) is 27.9 Å². The molecule has 0 spiro atoms. The largest absolute Gasteiger partial charge is 0.490 e. The summed E-state index contributed by atoms with van der Waals surface area (Å²) >= 11 is 2.10. The van der Waals surface area contributed by atoms with Crippen molar-refractivity contribution in [3.63, 3.8) is 0 Å². The number of ether oxygens (including phenoxy) is 2. The van der Waals surface area contributed by atoms with E-state index in [-0.39, 0.29) is 24.0 Å². The predicted octanol–water partition coefficient (Wildman–Crippen LogP) is 6.19. The van der Waals surface area contributed by atoms with Gasteiger partial charge in [-0.2, -0.15) is 5.26 Å². The molecule has 5 nitrogen and oxygen atoms in total. The summed E-state index contributed by atoms with van der Waals surface area (Å²) in [4.78, 5) is 12.7. The van der Waals surface area contributed by atoms with Crippen LogP contribution in [0.4, 0.5) is 4.39 Å². The highest BCUT2D eigenvalue weighted by Crippen LogP contribution is 2.35. The minimum atomic E-state index is -0.466. The first-order valence-electron chi connectivity index (χ1n) is 10.7. The smallest absolute Gasteiger partial charge is 0.262 e. The molecule has 0 saturated heterocycles. The molecule has 1 atom stereocenters. The fraction of sp³-hybridized carbons (Fsp3) is 0.185. The molecular formula is C27H24FIN2O3. The van der Waals surface area contributed by atoms with Gasteiger partial charge in [-0.25, -0.2) is 4.39 Å². The molecule has 0 aliphatic rings. The molecule has 1 N–H and O–H groups in total. The SMILES string of the molecule is CCOc1cc(/C=C(/C#N)C(=O)N[C@H](C)c2ccccc2)cc(I)c1OCc1ccccc1F. The highest BCUT2D eigenvalue weighted by Gasteiger charge is 2.16. The van der Waals surface area contributed by atoms with E-state index in [1.54, 1.807) is 30.3 Å². The van der Waals surface area contributed by atoms with E-state index in [1.807, 2.05) is 50.2 Å². The maximum absolute atomic E-state index is 14.0. The average molecular weight is 570 g/mol. The van der Waals surface area contributed by atoms with E-state index in [0.717, 1.165) is 5.56 Å². The second-order valence-corrected chi connectivity index (χ2v) is 8.58. The number of nitrogens with zero attached hydrogens (tertiary/aromatic N) is 1. The van der Waals surface area contributed by atoms with Crippen LogP contribution in [0.25, 0.3) is 6.08 Å². The number of nitriles is 1. The quantitative estimate of drug-likeness (QED) is 0.189. The fourth-order valence-electron chi connectivity index (χ4n) is 3.25. The molecule has 3 aromatic carbocycles. The first kappa shape index (κ1) is 25.2. The van der Waals surface area contributed by atoms with Gasteiger partial charge < -0.3 is 14.8 Å². The zero-order chi connectivity index (χ0) is 24.5. The number of nitrogens with one attached hydrogen (secondary N) is 1. The maximum atomic E-state index is 14.0. The number of amides is 1. The monoisotopic (exact) mass is 570 g/mol. The fourth-order valence-corrected chi connectivity index (χ4v) is 4.04. The highest BCUT2D eigenvalue weighted by atomic mass is 127. The summed E-state index contributed by atoms with van der Waals surface area (Å²) in [6.45, 7) is 4.13. The lowest BCUT2D eigenvalue weighted by Crippen LogP contribution is -2.27. The summed E-state index contributed by atoms with van der Waals surface area (Å²) in [5, 5.41) is 12.5. The highest BCUT2D eigenvalue weighted by molar-refractivity contribution is 14.1. The van der Waals surface area contributed by atoms with Gasteiger partial charge in [0.05, 0.1) is 16.2 Å². The molecule has 0 fully saturated rings. The molecule has 0 aliphatic carbocycles. The van der Waals surface area contributed by atoms with Gasteiger partial charge in [-0.3, -0.25) is 4.79 Å². The molecule has 3 aromatic rings. The summed E-state index contributed by atoms with van der Waals surface area (Å²) in [5.41, 5.74) is 1.96. The summed E-state index contributed by atoms with van der Waals surface area (Å²) in [6.07, 6.45) is 1.51. The maximum Gasteiger partial charge on any atom is 0.262 e. The summed E-state index contributed by atoms with van der Waals surface area (Å²) in [6, 6.07) is 21.1. The van der Waals surface area contributed by atoms with E-state index in [1.165, 1.54) is 12.1 Å². The van der Waals surface area contributed by atoms with Crippen molar-refractivity contribution < 1.29 is 18.7 Å². The number of rotatable bonds is 9. The number of hydrogen-bond acceptors (Lipinski definition) is 4. The molecule has 0 aromatic heterocycles. The number of carbonyl (C=O) groups is 1. The third-order valence-electron chi connectivity index (χ3n) is 4.98. The lowest BCUT2D eigenvalue weighted by Gasteiger charge is -2.16. The van der Waals surface area contributed by atoms with Crippen molar-refractivity contribution >= 4 is 34.6 Å². The normalized spacial score (nSPS) is 11.9. The molecule has 0 bridgehead atoms. The molecule has 1 amide bonds. The molecule has 34 heavy (non-hydrogen) atoms. The zero-order valence-corrected chi connectivity index (χ0v) is 21.0. The van der Waals surface area contributed by atoms with Crippen molar-refractivity contribution in [2.75, 3.05) is 6.61 Å². The van der Waals surface area contributed by atoms with Crippen LogP contribution in [-0.2, 0) is 11.4 Å². The van der Waals surface area contributed by atoms with Gasteiger partial charge in [-0.05, 0) is 71.8 Å². The Labute approximate surface area is 212 Å². The third kappa shape index (κ3) is 6.58. The van der Waals surface area contributed by atoms with E-state index >= 15 is 0 Å². The molecule has 7 heteroatoms. The van der Waals surface area contributed by atoms with Crippen LogP contribution in [0.3, 0.4) is 0 Å². The number of halogens is 2. The van der Waals surface area contributed by atoms with Crippen molar-refractivity contribution in [1.82, 2.24) is 5.32 Å². The van der Waals surface area contributed by atoms with Crippen LogP contribution in [0.15, 0.2) is 72.3 Å². The molecule has 0 radical (unpaired) electrons. The van der Waals surface area contributed by atoms with Gasteiger partial charge in [-0.1, -0.05) is 48.5 Å². The lowest BCUT2D eigenvalue weighted by molar-refractivity contribution is -0.117. The summed E-state index contributed by atoms with van der Waals surface area (Å²) in [5.74, 6) is 0.118. The summed E-state index contributed by atoms with van der Waals surface area (Å²) < 4.78 is 26.3. The van der Waals surface area contributed by atoms with Gasteiger partial charge >= 0.3 is 0 Å². The molecule has 0 unspecified atom stereocenters. The van der Waals surface area contributed by atoms with Crippen LogP contribution in [0, 0.1) is 20.7 Å². The number of benzene rings is 3. The Balaban J connectivity index is 1.83. The molecule has 0 aliphatic heterocycles. The van der Waals surface area contributed by atoms with E-state index in [4.69, 9.17) is 9.47 Å². The van der Waals surface area contributed by atoms with Crippen LogP contribution in [0.1, 0.15) is 36.6 Å². The van der Waals surface area contributed by atoms with E-state index in [9.17, 15) is 14.4 Å². The first-order valence-corrected chi connectivity index (χ1v) is 11.8. The van der Waals surface area contributed by atoms with Crippen LogP contribution in [0.5, 0.6) is 11.5 Å². The standard InChI is InChI=1S/C27H24FIN2O3/c1-3-33-25-15-19(14-24(29)26(25)34-17-21-11-7-8-12-23(21)28)13-22(16-30)27(32)31-18(2)20-9-5-4-6-10-20/h4-15,18H,3,17H2,1-2H3,(H,31,32)/b22-13-/t18-/m1/s1. The Morgan fingerprint density at radius 1 is 1.15 bits per heavy atom. The zero-order valence-electron chi connectivity index (χ0n) is 18.8.